The Morgan fingerprint density at radius 3 is 2.25 bits per heavy atom. The fraction of sp³-hybridized carbons (Fsp3) is 0.467. The van der Waals surface area contributed by atoms with Crippen LogP contribution in [-0.4, -0.2) is 21.0 Å². The summed E-state index contributed by atoms with van der Waals surface area (Å²) < 4.78 is 0. The van der Waals surface area contributed by atoms with Gasteiger partial charge in [-0.15, -0.1) is 12.4 Å². The van der Waals surface area contributed by atoms with Gasteiger partial charge in [-0.05, 0) is 13.8 Å². The molecule has 1 aromatic heterocycles. The summed E-state index contributed by atoms with van der Waals surface area (Å²) >= 11 is 0. The predicted octanol–water partition coefficient (Wildman–Crippen LogP) is 3.45. The lowest BCUT2D eigenvalue weighted by Gasteiger charge is -2.06. The molecule has 0 amide bonds. The van der Waals surface area contributed by atoms with Gasteiger partial charge in [0.25, 0.3) is 0 Å². The van der Waals surface area contributed by atoms with Crippen LogP contribution in [0.15, 0.2) is 30.3 Å². The van der Waals surface area contributed by atoms with Crippen molar-refractivity contribution in [3.63, 3.8) is 0 Å². The molecule has 20 heavy (non-hydrogen) atoms. The molecule has 0 aliphatic carbocycles. The first-order valence-corrected chi connectivity index (χ1v) is 6.82. The summed E-state index contributed by atoms with van der Waals surface area (Å²) in [5, 5.41) is 12.6. The molecule has 0 saturated heterocycles. The van der Waals surface area contributed by atoms with Crippen molar-refractivity contribution in [2.75, 3.05) is 0 Å². The zero-order valence-electron chi connectivity index (χ0n) is 12.5. The highest BCUT2D eigenvalue weighted by molar-refractivity contribution is 5.85. The SMILES string of the molecule is CC(C)NCc1nn(C(C)C)nc1-c1ccccc1.Cl. The molecule has 0 spiro atoms. The molecular weight excluding hydrogens is 272 g/mol. The van der Waals surface area contributed by atoms with Crippen LogP contribution in [0.5, 0.6) is 0 Å². The van der Waals surface area contributed by atoms with Gasteiger partial charge in [-0.25, -0.2) is 0 Å². The molecule has 0 saturated carbocycles. The van der Waals surface area contributed by atoms with Crippen LogP contribution in [0.1, 0.15) is 39.4 Å². The van der Waals surface area contributed by atoms with Crippen molar-refractivity contribution < 1.29 is 0 Å². The molecule has 110 valence electrons. The number of benzene rings is 1. The summed E-state index contributed by atoms with van der Waals surface area (Å²) in [6.07, 6.45) is 0. The third-order valence-corrected chi connectivity index (χ3v) is 2.89. The van der Waals surface area contributed by atoms with E-state index < -0.39 is 0 Å². The van der Waals surface area contributed by atoms with E-state index >= 15 is 0 Å². The van der Waals surface area contributed by atoms with Crippen molar-refractivity contribution in [3.8, 4) is 11.3 Å². The minimum Gasteiger partial charge on any atom is -0.309 e. The van der Waals surface area contributed by atoms with E-state index in [4.69, 9.17) is 0 Å². The van der Waals surface area contributed by atoms with Gasteiger partial charge in [-0.3, -0.25) is 0 Å². The lowest BCUT2D eigenvalue weighted by atomic mass is 10.1. The van der Waals surface area contributed by atoms with E-state index in [1.54, 1.807) is 4.80 Å². The van der Waals surface area contributed by atoms with E-state index in [1.807, 2.05) is 18.2 Å². The van der Waals surface area contributed by atoms with E-state index in [-0.39, 0.29) is 18.4 Å². The maximum atomic E-state index is 4.62. The molecule has 4 nitrogen and oxygen atoms in total. The number of hydrogen-bond donors (Lipinski definition) is 1. The van der Waals surface area contributed by atoms with E-state index in [0.717, 1.165) is 23.5 Å². The Bertz CT molecular complexity index is 520. The third kappa shape index (κ3) is 4.05. The quantitative estimate of drug-likeness (QED) is 0.918. The van der Waals surface area contributed by atoms with Crippen molar-refractivity contribution in [3.05, 3.63) is 36.0 Å². The maximum Gasteiger partial charge on any atom is 0.117 e. The molecule has 2 aromatic rings. The zero-order chi connectivity index (χ0) is 13.8. The van der Waals surface area contributed by atoms with E-state index in [9.17, 15) is 0 Å². The van der Waals surface area contributed by atoms with Crippen LogP contribution in [0.25, 0.3) is 11.3 Å². The molecule has 1 aromatic carbocycles. The molecule has 0 atom stereocenters. The van der Waals surface area contributed by atoms with Crippen molar-refractivity contribution in [2.24, 2.45) is 0 Å². The first kappa shape index (κ1) is 16.7. The Balaban J connectivity index is 0.00000200. The Hall–Kier alpha value is -1.39. The second-order valence-corrected chi connectivity index (χ2v) is 5.31. The minimum absolute atomic E-state index is 0. The predicted molar refractivity (Wildman–Crippen MR) is 85.1 cm³/mol. The second-order valence-electron chi connectivity index (χ2n) is 5.31. The number of rotatable bonds is 5. The highest BCUT2D eigenvalue weighted by atomic mass is 35.5. The molecule has 0 fully saturated rings. The third-order valence-electron chi connectivity index (χ3n) is 2.89. The van der Waals surface area contributed by atoms with Gasteiger partial charge in [0.1, 0.15) is 11.4 Å². The smallest absolute Gasteiger partial charge is 0.117 e. The largest absolute Gasteiger partial charge is 0.309 e. The summed E-state index contributed by atoms with van der Waals surface area (Å²) in [6.45, 7) is 9.20. The van der Waals surface area contributed by atoms with Crippen LogP contribution in [0, 0.1) is 0 Å². The topological polar surface area (TPSA) is 42.7 Å². The van der Waals surface area contributed by atoms with Gasteiger partial charge in [0.2, 0.25) is 0 Å². The van der Waals surface area contributed by atoms with Gasteiger partial charge in [0, 0.05) is 18.2 Å². The zero-order valence-corrected chi connectivity index (χ0v) is 13.3. The number of halogens is 1. The molecular formula is C15H23ClN4. The first-order chi connectivity index (χ1) is 9.08. The summed E-state index contributed by atoms with van der Waals surface area (Å²) in [6, 6.07) is 10.9. The lowest BCUT2D eigenvalue weighted by molar-refractivity contribution is 0.460. The van der Waals surface area contributed by atoms with Crippen LogP contribution in [0.3, 0.4) is 0 Å². The maximum absolute atomic E-state index is 4.62. The second kappa shape index (κ2) is 7.41. The van der Waals surface area contributed by atoms with Crippen LogP contribution >= 0.6 is 12.4 Å². The summed E-state index contributed by atoms with van der Waals surface area (Å²) in [5.74, 6) is 0. The number of nitrogens with one attached hydrogen (secondary N) is 1. The normalized spacial score (nSPS) is 10.9. The average Bonchev–Trinajstić information content (AvgIpc) is 2.81. The summed E-state index contributed by atoms with van der Waals surface area (Å²) in [4.78, 5) is 1.79. The van der Waals surface area contributed by atoms with Gasteiger partial charge in [0.05, 0.1) is 6.04 Å². The van der Waals surface area contributed by atoms with Crippen molar-refractivity contribution in [1.82, 2.24) is 20.3 Å². The standard InChI is InChI=1S/C15H22N4.ClH/c1-11(2)16-10-14-15(13-8-6-5-7-9-13)18-19(17-14)12(3)4;/h5-9,11-12,16H,10H2,1-4H3;1H. The van der Waals surface area contributed by atoms with Gasteiger partial charge >= 0.3 is 0 Å². The molecule has 1 N–H and O–H groups in total. The van der Waals surface area contributed by atoms with Crippen molar-refractivity contribution in [1.29, 1.82) is 0 Å². The fourth-order valence-corrected chi connectivity index (χ4v) is 1.82. The molecule has 0 bridgehead atoms. The molecule has 0 aliphatic heterocycles. The molecule has 5 heteroatoms. The average molecular weight is 295 g/mol. The Kier molecular flexibility index (Phi) is 6.17. The highest BCUT2D eigenvalue weighted by Gasteiger charge is 2.14. The van der Waals surface area contributed by atoms with Crippen molar-refractivity contribution >= 4 is 12.4 Å². The van der Waals surface area contributed by atoms with E-state index in [0.29, 0.717) is 6.04 Å². The minimum atomic E-state index is 0. The number of hydrogen-bond acceptors (Lipinski definition) is 3. The number of nitrogens with zero attached hydrogens (tertiary/aromatic N) is 3. The molecule has 1 heterocycles. The Labute approximate surface area is 127 Å². The Morgan fingerprint density at radius 1 is 1.05 bits per heavy atom. The first-order valence-electron chi connectivity index (χ1n) is 6.82. The van der Waals surface area contributed by atoms with Crippen LogP contribution in [0.2, 0.25) is 0 Å². The van der Waals surface area contributed by atoms with E-state index in [2.05, 4.69) is 55.3 Å². The van der Waals surface area contributed by atoms with Gasteiger partial charge in [-0.2, -0.15) is 15.0 Å². The van der Waals surface area contributed by atoms with Gasteiger partial charge < -0.3 is 5.32 Å². The summed E-state index contributed by atoms with van der Waals surface area (Å²) in [7, 11) is 0. The number of aromatic nitrogens is 3. The lowest BCUT2D eigenvalue weighted by Crippen LogP contribution is -2.22. The molecule has 0 unspecified atom stereocenters. The van der Waals surface area contributed by atoms with Gasteiger partial charge in [0.15, 0.2) is 0 Å². The molecule has 0 aliphatic rings. The van der Waals surface area contributed by atoms with Crippen LogP contribution in [-0.2, 0) is 6.54 Å². The Morgan fingerprint density at radius 2 is 1.70 bits per heavy atom. The molecule has 2 rings (SSSR count). The van der Waals surface area contributed by atoms with Crippen LogP contribution in [0.4, 0.5) is 0 Å². The van der Waals surface area contributed by atoms with Crippen LogP contribution < -0.4 is 5.32 Å². The molecule has 0 radical (unpaired) electrons. The van der Waals surface area contributed by atoms with Crippen molar-refractivity contribution in [2.45, 2.75) is 46.3 Å². The van der Waals surface area contributed by atoms with E-state index in [1.165, 1.54) is 0 Å². The highest BCUT2D eigenvalue weighted by Crippen LogP contribution is 2.21. The summed E-state index contributed by atoms with van der Waals surface area (Å²) in [5.41, 5.74) is 3.10. The monoisotopic (exact) mass is 294 g/mol. The van der Waals surface area contributed by atoms with Gasteiger partial charge in [-0.1, -0.05) is 44.2 Å². The fourth-order valence-electron chi connectivity index (χ4n) is 1.82.